The molecule has 16 heavy (non-hydrogen) atoms. The van der Waals surface area contributed by atoms with Crippen molar-refractivity contribution in [3.8, 4) is 5.75 Å². The van der Waals surface area contributed by atoms with E-state index < -0.39 is 6.09 Å². The topological polar surface area (TPSA) is 87.6 Å². The van der Waals surface area contributed by atoms with Crippen LogP contribution in [0.15, 0.2) is 24.3 Å². The van der Waals surface area contributed by atoms with Crippen LogP contribution < -0.4 is 16.2 Å². The number of carbonyl (C=O) groups excluding carboxylic acids is 1. The van der Waals surface area contributed by atoms with Gasteiger partial charge in [-0.05, 0) is 37.1 Å². The number of hydrogen-bond acceptors (Lipinski definition) is 4. The summed E-state index contributed by atoms with van der Waals surface area (Å²) < 4.78 is 10.0. The minimum absolute atomic E-state index is 0.334. The number of hydrogen-bond donors (Lipinski definition) is 2. The normalized spacial score (nSPS) is 9.75. The van der Waals surface area contributed by atoms with Gasteiger partial charge in [0.1, 0.15) is 5.75 Å². The lowest BCUT2D eigenvalue weighted by Gasteiger charge is -2.06. The maximum atomic E-state index is 10.2. The molecule has 0 saturated heterocycles. The molecule has 0 radical (unpaired) electrons. The third kappa shape index (κ3) is 5.09. The number of carbonyl (C=O) groups is 1. The monoisotopic (exact) mass is 224 g/mol. The van der Waals surface area contributed by atoms with Crippen molar-refractivity contribution >= 4 is 11.8 Å². The van der Waals surface area contributed by atoms with Gasteiger partial charge in [0.15, 0.2) is 0 Å². The first kappa shape index (κ1) is 12.2. The van der Waals surface area contributed by atoms with E-state index in [2.05, 4.69) is 4.74 Å². The van der Waals surface area contributed by atoms with Crippen LogP contribution in [-0.2, 0) is 4.74 Å². The minimum Gasteiger partial charge on any atom is -0.494 e. The Hall–Kier alpha value is -1.91. The molecule has 1 aromatic carbocycles. The highest BCUT2D eigenvalue weighted by molar-refractivity contribution is 5.64. The molecule has 5 nitrogen and oxygen atoms in total. The SMILES string of the molecule is NC(=O)OCCCCOc1ccc(N)cc1. The van der Waals surface area contributed by atoms with Crippen LogP contribution in [0, 0.1) is 0 Å². The number of nitrogen functional groups attached to an aromatic ring is 1. The van der Waals surface area contributed by atoms with Crippen LogP contribution >= 0.6 is 0 Å². The van der Waals surface area contributed by atoms with Gasteiger partial charge < -0.3 is 20.9 Å². The lowest BCUT2D eigenvalue weighted by atomic mass is 10.3. The fourth-order valence-electron chi connectivity index (χ4n) is 1.13. The van der Waals surface area contributed by atoms with Crippen molar-refractivity contribution in [2.75, 3.05) is 18.9 Å². The van der Waals surface area contributed by atoms with Crippen LogP contribution in [0.4, 0.5) is 10.5 Å². The van der Waals surface area contributed by atoms with Crippen molar-refractivity contribution in [3.63, 3.8) is 0 Å². The van der Waals surface area contributed by atoms with Gasteiger partial charge in [0.2, 0.25) is 0 Å². The molecule has 0 heterocycles. The van der Waals surface area contributed by atoms with E-state index in [0.29, 0.717) is 18.9 Å². The first-order chi connectivity index (χ1) is 7.68. The van der Waals surface area contributed by atoms with Gasteiger partial charge in [0.25, 0.3) is 0 Å². The van der Waals surface area contributed by atoms with E-state index in [0.717, 1.165) is 18.6 Å². The van der Waals surface area contributed by atoms with E-state index in [1.807, 2.05) is 12.1 Å². The zero-order valence-electron chi connectivity index (χ0n) is 9.02. The maximum absolute atomic E-state index is 10.2. The smallest absolute Gasteiger partial charge is 0.404 e. The third-order valence-corrected chi connectivity index (χ3v) is 1.93. The largest absolute Gasteiger partial charge is 0.494 e. The molecule has 0 bridgehead atoms. The van der Waals surface area contributed by atoms with Gasteiger partial charge in [-0.25, -0.2) is 4.79 Å². The highest BCUT2D eigenvalue weighted by Gasteiger charge is 1.95. The molecule has 0 aromatic heterocycles. The summed E-state index contributed by atoms with van der Waals surface area (Å²) in [5.74, 6) is 0.782. The second kappa shape index (κ2) is 6.55. The van der Waals surface area contributed by atoms with Crippen molar-refractivity contribution < 1.29 is 14.3 Å². The van der Waals surface area contributed by atoms with Crippen molar-refractivity contribution in [2.45, 2.75) is 12.8 Å². The predicted molar refractivity (Wildman–Crippen MR) is 61.1 cm³/mol. The fourth-order valence-corrected chi connectivity index (χ4v) is 1.13. The van der Waals surface area contributed by atoms with Gasteiger partial charge in [-0.1, -0.05) is 0 Å². The van der Waals surface area contributed by atoms with Crippen molar-refractivity contribution in [1.82, 2.24) is 0 Å². The Kier molecular flexibility index (Phi) is 4.98. The number of amides is 1. The zero-order valence-corrected chi connectivity index (χ0v) is 9.02. The van der Waals surface area contributed by atoms with Crippen molar-refractivity contribution in [3.05, 3.63) is 24.3 Å². The van der Waals surface area contributed by atoms with Gasteiger partial charge in [-0.15, -0.1) is 0 Å². The van der Waals surface area contributed by atoms with Crippen molar-refractivity contribution in [1.29, 1.82) is 0 Å². The Morgan fingerprint density at radius 3 is 2.38 bits per heavy atom. The molecule has 88 valence electrons. The lowest BCUT2D eigenvalue weighted by molar-refractivity contribution is 0.152. The van der Waals surface area contributed by atoms with Gasteiger partial charge in [-0.3, -0.25) is 0 Å². The number of ether oxygens (including phenoxy) is 2. The van der Waals surface area contributed by atoms with Crippen LogP contribution in [0.2, 0.25) is 0 Å². The Morgan fingerprint density at radius 2 is 1.75 bits per heavy atom. The summed E-state index contributed by atoms with van der Waals surface area (Å²) >= 11 is 0. The summed E-state index contributed by atoms with van der Waals surface area (Å²) in [5, 5.41) is 0. The number of anilines is 1. The maximum Gasteiger partial charge on any atom is 0.404 e. The van der Waals surface area contributed by atoms with Crippen LogP contribution in [0.25, 0.3) is 0 Å². The predicted octanol–water partition coefficient (Wildman–Crippen LogP) is 1.52. The van der Waals surface area contributed by atoms with Crippen LogP contribution in [0.3, 0.4) is 0 Å². The van der Waals surface area contributed by atoms with E-state index in [1.54, 1.807) is 12.1 Å². The third-order valence-electron chi connectivity index (χ3n) is 1.93. The summed E-state index contributed by atoms with van der Waals surface area (Å²) in [4.78, 5) is 10.2. The molecule has 0 unspecified atom stereocenters. The fraction of sp³-hybridized carbons (Fsp3) is 0.364. The number of nitrogens with two attached hydrogens (primary N) is 2. The summed E-state index contributed by atoms with van der Waals surface area (Å²) in [6, 6.07) is 7.20. The molecule has 0 fully saturated rings. The molecule has 5 heteroatoms. The Morgan fingerprint density at radius 1 is 1.12 bits per heavy atom. The number of rotatable bonds is 6. The molecule has 4 N–H and O–H groups in total. The second-order valence-corrected chi connectivity index (χ2v) is 3.29. The Balaban J connectivity index is 2.07. The molecule has 0 aliphatic heterocycles. The molecular formula is C11H16N2O3. The molecular weight excluding hydrogens is 208 g/mol. The van der Waals surface area contributed by atoms with E-state index in [9.17, 15) is 4.79 Å². The summed E-state index contributed by atoms with van der Waals surface area (Å²) in [6.45, 7) is 0.909. The Bertz CT molecular complexity index is 325. The van der Waals surface area contributed by atoms with E-state index >= 15 is 0 Å². The number of unbranched alkanes of at least 4 members (excludes halogenated alkanes) is 1. The van der Waals surface area contributed by atoms with Crippen molar-refractivity contribution in [2.24, 2.45) is 5.73 Å². The quantitative estimate of drug-likeness (QED) is 0.566. The highest BCUT2D eigenvalue weighted by Crippen LogP contribution is 2.13. The molecule has 1 amide bonds. The van der Waals surface area contributed by atoms with E-state index in [-0.39, 0.29) is 0 Å². The lowest BCUT2D eigenvalue weighted by Crippen LogP contribution is -2.14. The van der Waals surface area contributed by atoms with Gasteiger partial charge in [0.05, 0.1) is 13.2 Å². The summed E-state index contributed by atoms with van der Waals surface area (Å²) in [7, 11) is 0. The average Bonchev–Trinajstić information content (AvgIpc) is 2.25. The molecule has 1 rings (SSSR count). The number of benzene rings is 1. The molecule has 0 atom stereocenters. The zero-order chi connectivity index (χ0) is 11.8. The number of primary amides is 1. The highest BCUT2D eigenvalue weighted by atomic mass is 16.5. The second-order valence-electron chi connectivity index (χ2n) is 3.29. The Labute approximate surface area is 94.3 Å². The first-order valence-electron chi connectivity index (χ1n) is 5.09. The standard InChI is InChI=1S/C11H16N2O3/c12-9-3-5-10(6-4-9)15-7-1-2-8-16-11(13)14/h3-6H,1-2,7-8,12H2,(H2,13,14). The van der Waals surface area contributed by atoms with Gasteiger partial charge in [-0.2, -0.15) is 0 Å². The first-order valence-corrected chi connectivity index (χ1v) is 5.09. The molecule has 0 aliphatic carbocycles. The summed E-state index contributed by atoms with van der Waals surface area (Å²) in [6.07, 6.45) is 0.801. The van der Waals surface area contributed by atoms with Crippen LogP contribution in [-0.4, -0.2) is 19.3 Å². The van der Waals surface area contributed by atoms with E-state index in [1.165, 1.54) is 0 Å². The summed E-state index contributed by atoms with van der Waals surface area (Å²) in [5.41, 5.74) is 11.1. The average molecular weight is 224 g/mol. The minimum atomic E-state index is -0.737. The van der Waals surface area contributed by atoms with Gasteiger partial charge >= 0.3 is 6.09 Å². The van der Waals surface area contributed by atoms with E-state index in [4.69, 9.17) is 16.2 Å². The molecule has 1 aromatic rings. The molecule has 0 saturated carbocycles. The molecule has 0 spiro atoms. The molecule has 0 aliphatic rings. The van der Waals surface area contributed by atoms with Crippen LogP contribution in [0.5, 0.6) is 5.75 Å². The van der Waals surface area contributed by atoms with Crippen LogP contribution in [0.1, 0.15) is 12.8 Å². The van der Waals surface area contributed by atoms with Gasteiger partial charge in [0, 0.05) is 5.69 Å².